The molecule has 14 heavy (non-hydrogen) atoms. The molecule has 0 aromatic heterocycles. The molecule has 0 fully saturated rings. The van der Waals surface area contributed by atoms with E-state index in [1.165, 1.54) is 0 Å². The number of benzene rings is 1. The molecule has 0 aliphatic heterocycles. The van der Waals surface area contributed by atoms with E-state index in [1.807, 2.05) is 6.07 Å². The Morgan fingerprint density at radius 2 is 1.57 bits per heavy atom. The first-order valence-corrected chi connectivity index (χ1v) is 4.57. The van der Waals surface area contributed by atoms with Crippen LogP contribution in [0.15, 0.2) is 30.3 Å². The Labute approximate surface area is 91.2 Å². The zero-order valence-corrected chi connectivity index (χ0v) is 8.63. The Balaban J connectivity index is 2.75. The largest absolute Gasteiger partial charge is 0.324 e. The van der Waals surface area contributed by atoms with Crippen LogP contribution in [-0.4, -0.2) is 15.6 Å². The van der Waals surface area contributed by atoms with E-state index in [4.69, 9.17) is 23.2 Å². The highest BCUT2D eigenvalue weighted by Gasteiger charge is 2.17. The summed E-state index contributed by atoms with van der Waals surface area (Å²) in [6, 6.07) is 8.97. The summed E-state index contributed by atoms with van der Waals surface area (Å²) in [5.74, 6) is 0. The van der Waals surface area contributed by atoms with Gasteiger partial charge in [-0.1, -0.05) is 30.3 Å². The molecule has 74 valence electrons. The van der Waals surface area contributed by atoms with Crippen molar-refractivity contribution in [3.63, 3.8) is 0 Å². The number of hydrogen-bond acceptors (Lipinski definition) is 2. The molecule has 0 atom stereocenters. The maximum Gasteiger partial charge on any atom is 0.324 e. The first-order chi connectivity index (χ1) is 6.61. The highest BCUT2D eigenvalue weighted by molar-refractivity contribution is 6.70. The van der Waals surface area contributed by atoms with Crippen LogP contribution in [0.5, 0.6) is 0 Å². The third-order valence-electron chi connectivity index (χ3n) is 1.61. The van der Waals surface area contributed by atoms with Crippen LogP contribution < -0.4 is 0 Å². The number of carbonyl (C=O) groups excluding carboxylic acids is 2. The van der Waals surface area contributed by atoms with Gasteiger partial charge in [0.1, 0.15) is 0 Å². The molecule has 1 aromatic carbocycles. The average molecular weight is 232 g/mol. The molecule has 0 N–H and O–H groups in total. The van der Waals surface area contributed by atoms with Crippen LogP contribution in [0.1, 0.15) is 5.56 Å². The Bertz CT molecular complexity index is 326. The summed E-state index contributed by atoms with van der Waals surface area (Å²) >= 11 is 10.3. The summed E-state index contributed by atoms with van der Waals surface area (Å²) in [6.07, 6.45) is 0. The molecule has 0 saturated carbocycles. The van der Waals surface area contributed by atoms with Gasteiger partial charge in [0.2, 0.25) is 0 Å². The summed E-state index contributed by atoms with van der Waals surface area (Å²) in [4.78, 5) is 22.3. The first-order valence-electron chi connectivity index (χ1n) is 3.81. The summed E-state index contributed by atoms with van der Waals surface area (Å²) in [5.41, 5.74) is 0.788. The fraction of sp³-hybridized carbons (Fsp3) is 0.111. The molecule has 0 aliphatic rings. The lowest BCUT2D eigenvalue weighted by Gasteiger charge is -2.13. The Kier molecular flexibility index (Phi) is 3.92. The zero-order valence-electron chi connectivity index (χ0n) is 7.11. The standard InChI is InChI=1S/C9H7Cl2NO2/c10-8(13)12(9(11)14)6-7-4-2-1-3-5-7/h1-5H,6H2. The summed E-state index contributed by atoms with van der Waals surface area (Å²) < 4.78 is 0. The van der Waals surface area contributed by atoms with Crippen molar-refractivity contribution in [2.75, 3.05) is 0 Å². The molecule has 0 saturated heterocycles. The first kappa shape index (κ1) is 11.0. The van der Waals surface area contributed by atoms with Gasteiger partial charge in [-0.3, -0.25) is 14.5 Å². The molecule has 1 rings (SSSR count). The van der Waals surface area contributed by atoms with E-state index in [9.17, 15) is 9.59 Å². The molecular formula is C9H7Cl2NO2. The van der Waals surface area contributed by atoms with E-state index < -0.39 is 10.7 Å². The van der Waals surface area contributed by atoms with E-state index in [1.54, 1.807) is 24.3 Å². The summed E-state index contributed by atoms with van der Waals surface area (Å²) in [5, 5.41) is -1.76. The van der Waals surface area contributed by atoms with Crippen molar-refractivity contribution in [3.05, 3.63) is 35.9 Å². The van der Waals surface area contributed by atoms with Gasteiger partial charge in [-0.05, 0) is 28.8 Å². The predicted molar refractivity (Wildman–Crippen MR) is 54.5 cm³/mol. The van der Waals surface area contributed by atoms with Crippen molar-refractivity contribution in [2.45, 2.75) is 6.54 Å². The van der Waals surface area contributed by atoms with Gasteiger partial charge in [0.05, 0.1) is 6.54 Å². The van der Waals surface area contributed by atoms with E-state index in [-0.39, 0.29) is 6.54 Å². The van der Waals surface area contributed by atoms with Crippen molar-refractivity contribution in [1.29, 1.82) is 0 Å². The third kappa shape index (κ3) is 3.01. The highest BCUT2D eigenvalue weighted by Crippen LogP contribution is 2.09. The van der Waals surface area contributed by atoms with Gasteiger partial charge < -0.3 is 0 Å². The fourth-order valence-electron chi connectivity index (χ4n) is 0.959. The van der Waals surface area contributed by atoms with Gasteiger partial charge in [0.25, 0.3) is 0 Å². The number of imide groups is 1. The molecule has 0 radical (unpaired) electrons. The van der Waals surface area contributed by atoms with Crippen LogP contribution in [0.4, 0.5) is 9.59 Å². The van der Waals surface area contributed by atoms with Crippen molar-refractivity contribution >= 4 is 33.9 Å². The van der Waals surface area contributed by atoms with Gasteiger partial charge in [0, 0.05) is 0 Å². The smallest absolute Gasteiger partial charge is 0.255 e. The maximum atomic E-state index is 10.8. The normalized spacial score (nSPS) is 9.57. The van der Waals surface area contributed by atoms with Gasteiger partial charge in [-0.25, -0.2) is 0 Å². The molecule has 1 aromatic rings. The van der Waals surface area contributed by atoms with Crippen LogP contribution in [0.25, 0.3) is 0 Å². The van der Waals surface area contributed by atoms with E-state index in [2.05, 4.69) is 0 Å². The number of halogens is 2. The summed E-state index contributed by atoms with van der Waals surface area (Å²) in [6.45, 7) is 0.0888. The topological polar surface area (TPSA) is 37.4 Å². The third-order valence-corrected chi connectivity index (χ3v) is 2.02. The van der Waals surface area contributed by atoms with Gasteiger partial charge in [-0.15, -0.1) is 0 Å². The molecular weight excluding hydrogens is 225 g/mol. The lowest BCUT2D eigenvalue weighted by Crippen LogP contribution is -2.27. The molecule has 0 spiro atoms. The second-order valence-electron chi connectivity index (χ2n) is 2.58. The molecule has 5 heteroatoms. The lowest BCUT2D eigenvalue weighted by molar-refractivity contribution is 0.212. The number of nitrogens with zero attached hydrogens (tertiary/aromatic N) is 1. The van der Waals surface area contributed by atoms with Gasteiger partial charge in [0.15, 0.2) is 0 Å². The van der Waals surface area contributed by atoms with Crippen LogP contribution in [0.2, 0.25) is 0 Å². The van der Waals surface area contributed by atoms with Crippen molar-refractivity contribution in [3.8, 4) is 0 Å². The number of amides is 2. The highest BCUT2D eigenvalue weighted by atomic mass is 35.5. The van der Waals surface area contributed by atoms with Crippen LogP contribution in [-0.2, 0) is 6.54 Å². The average Bonchev–Trinajstić information content (AvgIpc) is 2.15. The second kappa shape index (κ2) is 4.98. The van der Waals surface area contributed by atoms with E-state index in [0.717, 1.165) is 10.5 Å². The SMILES string of the molecule is O=C(Cl)N(Cc1ccccc1)C(=O)Cl. The minimum absolute atomic E-state index is 0.0888. The molecule has 0 aliphatic carbocycles. The maximum absolute atomic E-state index is 10.8. The molecule has 2 amide bonds. The number of rotatable bonds is 2. The molecule has 0 bridgehead atoms. The Hall–Kier alpha value is -1.06. The predicted octanol–water partition coefficient (Wildman–Crippen LogP) is 3.21. The summed E-state index contributed by atoms with van der Waals surface area (Å²) in [7, 11) is 0. The fourth-order valence-corrected chi connectivity index (χ4v) is 1.28. The van der Waals surface area contributed by atoms with Crippen LogP contribution in [0, 0.1) is 0 Å². The molecule has 0 unspecified atom stereocenters. The monoisotopic (exact) mass is 231 g/mol. The minimum atomic E-state index is -0.881. The Morgan fingerprint density at radius 3 is 2.00 bits per heavy atom. The molecule has 0 heterocycles. The number of carbonyl (C=O) groups is 2. The molecule has 3 nitrogen and oxygen atoms in total. The van der Waals surface area contributed by atoms with Crippen molar-refractivity contribution in [2.24, 2.45) is 0 Å². The number of hydrogen-bond donors (Lipinski definition) is 0. The minimum Gasteiger partial charge on any atom is -0.255 e. The lowest BCUT2D eigenvalue weighted by atomic mass is 10.2. The Morgan fingerprint density at radius 1 is 1.07 bits per heavy atom. The second-order valence-corrected chi connectivity index (χ2v) is 3.22. The van der Waals surface area contributed by atoms with E-state index in [0.29, 0.717) is 0 Å². The van der Waals surface area contributed by atoms with Crippen LogP contribution >= 0.6 is 23.2 Å². The van der Waals surface area contributed by atoms with Gasteiger partial charge >= 0.3 is 10.7 Å². The van der Waals surface area contributed by atoms with Gasteiger partial charge in [-0.2, -0.15) is 0 Å². The van der Waals surface area contributed by atoms with E-state index >= 15 is 0 Å². The van der Waals surface area contributed by atoms with Crippen molar-refractivity contribution < 1.29 is 9.59 Å². The zero-order chi connectivity index (χ0) is 10.6. The van der Waals surface area contributed by atoms with Crippen LogP contribution in [0.3, 0.4) is 0 Å². The van der Waals surface area contributed by atoms with Crippen molar-refractivity contribution in [1.82, 2.24) is 4.90 Å². The quantitative estimate of drug-likeness (QED) is 0.579.